The number of carbonyl (C=O) groups excluding carboxylic acids is 3. The number of nitrogens with zero attached hydrogens (tertiary/aromatic N) is 1. The molecule has 140 valence electrons. The Morgan fingerprint density at radius 1 is 1.08 bits per heavy atom. The van der Waals surface area contributed by atoms with Gasteiger partial charge in [0.05, 0.1) is 0 Å². The summed E-state index contributed by atoms with van der Waals surface area (Å²) in [6, 6.07) is -2.78. The van der Waals surface area contributed by atoms with Crippen LogP contribution in [0.25, 0.3) is 0 Å². The molecule has 0 aromatic heterocycles. The van der Waals surface area contributed by atoms with Gasteiger partial charge in [0.2, 0.25) is 5.91 Å². The quantitative estimate of drug-likeness (QED) is 0.178. The molecule has 12 nitrogen and oxygen atoms in total. The van der Waals surface area contributed by atoms with Crippen LogP contribution in [0.5, 0.6) is 0 Å². The number of imide groups is 1. The summed E-state index contributed by atoms with van der Waals surface area (Å²) in [7, 11) is 0. The van der Waals surface area contributed by atoms with E-state index in [-0.39, 0.29) is 23.5 Å². The number of aliphatic carboxylic acids is 3. The molecule has 13 heteroatoms. The van der Waals surface area contributed by atoms with Gasteiger partial charge >= 0.3 is 23.8 Å². The molecule has 0 saturated heterocycles. The third-order valence-corrected chi connectivity index (χ3v) is 3.17. The smallest absolute Gasteiger partial charge is 0.395 e. The minimum absolute atomic E-state index is 0.0468. The number of rotatable bonds is 9. The van der Waals surface area contributed by atoms with Gasteiger partial charge < -0.3 is 26.4 Å². The van der Waals surface area contributed by atoms with Crippen molar-refractivity contribution in [3.05, 3.63) is 0 Å². The van der Waals surface area contributed by atoms with Crippen LogP contribution in [0.4, 0.5) is 0 Å². The summed E-state index contributed by atoms with van der Waals surface area (Å²) in [5.74, 6) is -9.23. The summed E-state index contributed by atoms with van der Waals surface area (Å²) in [6.07, 6.45) is -0.599. The molecular weight excluding hydrogens is 362 g/mol. The van der Waals surface area contributed by atoms with Crippen LogP contribution < -0.4 is 11.1 Å². The Bertz CT molecular complexity index is 580. The van der Waals surface area contributed by atoms with Gasteiger partial charge in [-0.3, -0.25) is 28.9 Å². The lowest BCUT2D eigenvalue weighted by molar-refractivity contribution is -0.163. The predicted octanol–water partition coefficient (Wildman–Crippen LogP) is -2.88. The molecule has 0 aromatic carbocycles. The van der Waals surface area contributed by atoms with E-state index >= 15 is 0 Å². The first-order chi connectivity index (χ1) is 11.5. The SMILES string of the molecule is NC(CCC(=O)NC(CS)C(=O)N(CC(=O)O)C(=O)C(=O)O)C(=O)O. The van der Waals surface area contributed by atoms with Gasteiger partial charge in [-0.1, -0.05) is 0 Å². The van der Waals surface area contributed by atoms with E-state index in [9.17, 15) is 28.8 Å². The average Bonchev–Trinajstić information content (AvgIpc) is 2.53. The standard InChI is InChI=1S/C12H17N3O9S/c13-5(11(21)22)1-2-7(16)14-6(4-25)9(19)15(3-8(17)18)10(20)12(23)24/h5-6,25H,1-4,13H2,(H,14,16)(H,17,18)(H,21,22)(H,23,24). The van der Waals surface area contributed by atoms with Crippen molar-refractivity contribution >= 4 is 48.3 Å². The minimum atomic E-state index is -2.05. The Kier molecular flexibility index (Phi) is 9.15. The number of carboxylic acid groups (broad SMARTS) is 3. The van der Waals surface area contributed by atoms with E-state index in [2.05, 4.69) is 17.9 Å². The number of thiol groups is 1. The van der Waals surface area contributed by atoms with Gasteiger partial charge in [-0.05, 0) is 6.42 Å². The van der Waals surface area contributed by atoms with Gasteiger partial charge in [0.15, 0.2) is 0 Å². The van der Waals surface area contributed by atoms with Crippen molar-refractivity contribution in [1.29, 1.82) is 0 Å². The molecule has 3 amide bonds. The molecule has 0 spiro atoms. The van der Waals surface area contributed by atoms with Crippen molar-refractivity contribution in [2.45, 2.75) is 24.9 Å². The molecule has 0 bridgehead atoms. The van der Waals surface area contributed by atoms with Crippen LogP contribution in [-0.4, -0.2) is 80.2 Å². The normalized spacial score (nSPS) is 12.6. The second kappa shape index (κ2) is 10.2. The number of hydrogen-bond acceptors (Lipinski definition) is 8. The summed E-state index contributed by atoms with van der Waals surface area (Å²) in [6.45, 7) is -1.21. The fraction of sp³-hybridized carbons (Fsp3) is 0.500. The number of amides is 3. The first kappa shape index (κ1) is 22.3. The van der Waals surface area contributed by atoms with Gasteiger partial charge in [0.25, 0.3) is 5.91 Å². The van der Waals surface area contributed by atoms with E-state index in [1.54, 1.807) is 0 Å². The van der Waals surface area contributed by atoms with Gasteiger partial charge in [0.1, 0.15) is 18.6 Å². The Hall–Kier alpha value is -2.67. The Labute approximate surface area is 146 Å². The summed E-state index contributed by atoms with van der Waals surface area (Å²) in [4.78, 5) is 67.2. The van der Waals surface area contributed by atoms with E-state index in [0.29, 0.717) is 0 Å². The van der Waals surface area contributed by atoms with Gasteiger partial charge in [-0.25, -0.2) is 4.79 Å². The first-order valence-electron chi connectivity index (χ1n) is 6.70. The molecule has 2 atom stereocenters. The van der Waals surface area contributed by atoms with Crippen molar-refractivity contribution in [3.63, 3.8) is 0 Å². The van der Waals surface area contributed by atoms with Gasteiger partial charge in [-0.2, -0.15) is 12.6 Å². The largest absolute Gasteiger partial charge is 0.480 e. The maximum atomic E-state index is 12.1. The summed E-state index contributed by atoms with van der Waals surface area (Å²) >= 11 is 3.79. The summed E-state index contributed by atoms with van der Waals surface area (Å²) in [5, 5.41) is 28.0. The second-order valence-electron chi connectivity index (χ2n) is 4.71. The lowest BCUT2D eigenvalue weighted by Gasteiger charge is -2.23. The van der Waals surface area contributed by atoms with Crippen LogP contribution in [0.15, 0.2) is 0 Å². The Balaban J connectivity index is 5.03. The lowest BCUT2D eigenvalue weighted by Crippen LogP contribution is -2.54. The molecule has 25 heavy (non-hydrogen) atoms. The second-order valence-corrected chi connectivity index (χ2v) is 5.08. The average molecular weight is 379 g/mol. The summed E-state index contributed by atoms with van der Waals surface area (Å²) < 4.78 is 0. The first-order valence-corrected chi connectivity index (χ1v) is 7.33. The van der Waals surface area contributed by atoms with Crippen LogP contribution >= 0.6 is 12.6 Å². The highest BCUT2D eigenvalue weighted by atomic mass is 32.1. The summed E-state index contributed by atoms with van der Waals surface area (Å²) in [5.41, 5.74) is 5.22. The molecular formula is C12H17N3O9S. The lowest BCUT2D eigenvalue weighted by atomic mass is 10.1. The molecule has 0 aliphatic carbocycles. The third-order valence-electron chi connectivity index (χ3n) is 2.80. The monoisotopic (exact) mass is 379 g/mol. The zero-order chi connectivity index (χ0) is 19.7. The fourth-order valence-corrected chi connectivity index (χ4v) is 1.80. The molecule has 0 saturated carbocycles. The molecule has 0 aliphatic heterocycles. The van der Waals surface area contributed by atoms with E-state index in [1.807, 2.05) is 0 Å². The van der Waals surface area contributed by atoms with Gasteiger partial charge in [0, 0.05) is 12.2 Å². The molecule has 0 fully saturated rings. The molecule has 0 aliphatic rings. The third kappa shape index (κ3) is 7.63. The minimum Gasteiger partial charge on any atom is -0.480 e. The molecule has 0 aromatic rings. The van der Waals surface area contributed by atoms with Gasteiger partial charge in [-0.15, -0.1) is 0 Å². The molecule has 2 unspecified atom stereocenters. The number of carbonyl (C=O) groups is 6. The topological polar surface area (TPSA) is 204 Å². The van der Waals surface area contributed by atoms with Crippen molar-refractivity contribution in [3.8, 4) is 0 Å². The zero-order valence-electron chi connectivity index (χ0n) is 12.7. The fourth-order valence-electron chi connectivity index (χ4n) is 1.55. The number of hydrogen-bond donors (Lipinski definition) is 6. The predicted molar refractivity (Wildman–Crippen MR) is 82.6 cm³/mol. The molecule has 0 radical (unpaired) electrons. The Morgan fingerprint density at radius 2 is 1.64 bits per heavy atom. The number of nitrogens with one attached hydrogen (secondary N) is 1. The van der Waals surface area contributed by atoms with Crippen LogP contribution in [0.2, 0.25) is 0 Å². The van der Waals surface area contributed by atoms with Crippen molar-refractivity contribution in [1.82, 2.24) is 10.2 Å². The van der Waals surface area contributed by atoms with Crippen LogP contribution in [-0.2, 0) is 28.8 Å². The number of nitrogens with two attached hydrogens (primary N) is 1. The molecule has 0 heterocycles. The highest BCUT2D eigenvalue weighted by Crippen LogP contribution is 2.02. The van der Waals surface area contributed by atoms with Crippen LogP contribution in [0.3, 0.4) is 0 Å². The Morgan fingerprint density at radius 3 is 2.04 bits per heavy atom. The van der Waals surface area contributed by atoms with Crippen LogP contribution in [0.1, 0.15) is 12.8 Å². The van der Waals surface area contributed by atoms with E-state index in [0.717, 1.165) is 0 Å². The maximum absolute atomic E-state index is 12.1. The van der Waals surface area contributed by atoms with E-state index in [4.69, 9.17) is 21.1 Å². The van der Waals surface area contributed by atoms with Crippen LogP contribution in [0, 0.1) is 0 Å². The number of carboxylic acids is 3. The highest BCUT2D eigenvalue weighted by Gasteiger charge is 2.34. The molecule has 0 rings (SSSR count). The zero-order valence-corrected chi connectivity index (χ0v) is 13.6. The van der Waals surface area contributed by atoms with E-state index in [1.165, 1.54) is 0 Å². The van der Waals surface area contributed by atoms with Crippen molar-refractivity contribution in [2.24, 2.45) is 5.73 Å². The van der Waals surface area contributed by atoms with E-state index < -0.39 is 54.3 Å². The van der Waals surface area contributed by atoms with Crippen molar-refractivity contribution in [2.75, 3.05) is 12.3 Å². The highest BCUT2D eigenvalue weighted by molar-refractivity contribution is 7.80. The van der Waals surface area contributed by atoms with Crippen molar-refractivity contribution < 1.29 is 44.1 Å². The molecule has 6 N–H and O–H groups in total. The maximum Gasteiger partial charge on any atom is 0.395 e.